The van der Waals surface area contributed by atoms with Gasteiger partial charge in [0, 0.05) is 18.7 Å². The molecule has 1 aromatic rings. The van der Waals surface area contributed by atoms with Crippen molar-refractivity contribution in [1.29, 1.82) is 0 Å². The molecule has 18 heavy (non-hydrogen) atoms. The number of hydrogen-bond donors (Lipinski definition) is 1. The number of halogens is 2. The van der Waals surface area contributed by atoms with Crippen molar-refractivity contribution in [3.05, 3.63) is 27.7 Å². The van der Waals surface area contributed by atoms with Gasteiger partial charge in [-0.1, -0.05) is 30.1 Å². The maximum absolute atomic E-state index is 12.3. The average Bonchev–Trinajstić information content (AvgIpc) is 2.34. The highest BCUT2D eigenvalue weighted by molar-refractivity contribution is 6.43. The Hall–Kier alpha value is -0.930. The first-order valence-electron chi connectivity index (χ1n) is 6.03. The van der Waals surface area contributed by atoms with E-state index in [-0.39, 0.29) is 5.91 Å². The molecule has 2 rings (SSSR count). The zero-order chi connectivity index (χ0) is 13.3. The number of anilines is 1. The molecule has 1 unspecified atom stereocenters. The minimum Gasteiger partial charge on any atom is -0.397 e. The van der Waals surface area contributed by atoms with Crippen LogP contribution in [-0.2, 0) is 0 Å². The molecule has 1 aromatic carbocycles. The fourth-order valence-corrected chi connectivity index (χ4v) is 2.63. The van der Waals surface area contributed by atoms with Crippen molar-refractivity contribution in [2.75, 3.05) is 18.8 Å². The van der Waals surface area contributed by atoms with E-state index in [1.807, 2.05) is 4.90 Å². The van der Waals surface area contributed by atoms with Crippen LogP contribution in [0.5, 0.6) is 0 Å². The van der Waals surface area contributed by atoms with Crippen molar-refractivity contribution in [3.8, 4) is 0 Å². The number of nitrogens with two attached hydrogens (primary N) is 1. The lowest BCUT2D eigenvalue weighted by Crippen LogP contribution is -2.39. The van der Waals surface area contributed by atoms with Gasteiger partial charge in [0.15, 0.2) is 0 Å². The highest BCUT2D eigenvalue weighted by Crippen LogP contribution is 2.30. The molecule has 98 valence electrons. The molecule has 1 fully saturated rings. The van der Waals surface area contributed by atoms with Crippen LogP contribution in [-0.4, -0.2) is 23.9 Å². The molecule has 1 aliphatic rings. The Kier molecular flexibility index (Phi) is 4.03. The molecule has 1 amide bonds. The summed E-state index contributed by atoms with van der Waals surface area (Å²) in [5.41, 5.74) is 6.58. The van der Waals surface area contributed by atoms with E-state index >= 15 is 0 Å². The average molecular weight is 287 g/mol. The Morgan fingerprint density at radius 1 is 1.44 bits per heavy atom. The summed E-state index contributed by atoms with van der Waals surface area (Å²) < 4.78 is 0. The lowest BCUT2D eigenvalue weighted by atomic mass is 9.99. The number of amides is 1. The minimum absolute atomic E-state index is 0.0215. The van der Waals surface area contributed by atoms with Gasteiger partial charge in [0.1, 0.15) is 0 Å². The van der Waals surface area contributed by atoms with Crippen molar-refractivity contribution < 1.29 is 4.79 Å². The Morgan fingerprint density at radius 3 is 2.78 bits per heavy atom. The number of carbonyl (C=O) groups excluding carboxylic acids is 1. The first-order valence-corrected chi connectivity index (χ1v) is 6.78. The highest BCUT2D eigenvalue weighted by Gasteiger charge is 2.23. The van der Waals surface area contributed by atoms with E-state index in [0.717, 1.165) is 19.5 Å². The van der Waals surface area contributed by atoms with E-state index in [1.165, 1.54) is 6.42 Å². The van der Waals surface area contributed by atoms with Crippen molar-refractivity contribution >= 4 is 34.8 Å². The minimum atomic E-state index is -0.0215. The summed E-state index contributed by atoms with van der Waals surface area (Å²) in [6.07, 6.45) is 2.22. The molecule has 0 bridgehead atoms. The Bertz CT molecular complexity index is 453. The molecule has 0 aliphatic carbocycles. The summed E-state index contributed by atoms with van der Waals surface area (Å²) >= 11 is 11.8. The molecule has 1 saturated heterocycles. The number of likely N-dealkylation sites (tertiary alicyclic amines) is 1. The van der Waals surface area contributed by atoms with E-state index < -0.39 is 0 Å². The largest absolute Gasteiger partial charge is 0.397 e. The summed E-state index contributed by atoms with van der Waals surface area (Å²) in [7, 11) is 0. The van der Waals surface area contributed by atoms with Crippen LogP contribution in [0.15, 0.2) is 12.1 Å². The van der Waals surface area contributed by atoms with Crippen LogP contribution in [0, 0.1) is 5.92 Å². The van der Waals surface area contributed by atoms with Gasteiger partial charge in [0.05, 0.1) is 15.7 Å². The molecule has 5 heteroatoms. The van der Waals surface area contributed by atoms with Gasteiger partial charge in [-0.25, -0.2) is 0 Å². The number of benzene rings is 1. The van der Waals surface area contributed by atoms with E-state index in [0.29, 0.717) is 27.2 Å². The number of hydrogen-bond acceptors (Lipinski definition) is 2. The summed E-state index contributed by atoms with van der Waals surface area (Å²) in [6.45, 7) is 3.74. The van der Waals surface area contributed by atoms with E-state index in [9.17, 15) is 4.79 Å². The van der Waals surface area contributed by atoms with Crippen molar-refractivity contribution in [2.45, 2.75) is 19.8 Å². The Labute approximate surface area is 117 Å². The number of nitrogens with zero attached hydrogens (tertiary/aromatic N) is 1. The van der Waals surface area contributed by atoms with Gasteiger partial charge >= 0.3 is 0 Å². The molecule has 0 aromatic heterocycles. The molecule has 2 N–H and O–H groups in total. The second-order valence-electron chi connectivity index (χ2n) is 4.86. The zero-order valence-corrected chi connectivity index (χ0v) is 11.8. The van der Waals surface area contributed by atoms with Crippen LogP contribution >= 0.6 is 23.2 Å². The van der Waals surface area contributed by atoms with Gasteiger partial charge in [-0.3, -0.25) is 4.79 Å². The third-order valence-electron chi connectivity index (χ3n) is 3.25. The van der Waals surface area contributed by atoms with Gasteiger partial charge in [-0.15, -0.1) is 0 Å². The monoisotopic (exact) mass is 286 g/mol. The molecular weight excluding hydrogens is 271 g/mol. The van der Waals surface area contributed by atoms with Crippen LogP contribution in [0.1, 0.15) is 30.1 Å². The number of carbonyl (C=O) groups is 1. The SMILES string of the molecule is CC1CCCN(C(=O)c2cc(N)c(Cl)c(Cl)c2)C1. The van der Waals surface area contributed by atoms with Gasteiger partial charge in [-0.2, -0.15) is 0 Å². The van der Waals surface area contributed by atoms with Gasteiger partial charge in [0.25, 0.3) is 5.91 Å². The third kappa shape index (κ3) is 2.73. The molecular formula is C13H16Cl2N2O. The van der Waals surface area contributed by atoms with Crippen molar-refractivity contribution in [2.24, 2.45) is 5.92 Å². The van der Waals surface area contributed by atoms with Gasteiger partial charge in [0.2, 0.25) is 0 Å². The summed E-state index contributed by atoms with van der Waals surface area (Å²) in [4.78, 5) is 14.2. The lowest BCUT2D eigenvalue weighted by Gasteiger charge is -2.31. The standard InChI is InChI=1S/C13H16Cl2N2O/c1-8-3-2-4-17(7-8)13(18)9-5-10(14)12(15)11(16)6-9/h5-6,8H,2-4,7,16H2,1H3. The Balaban J connectivity index is 2.23. The maximum atomic E-state index is 12.3. The van der Waals surface area contributed by atoms with Crippen LogP contribution in [0.3, 0.4) is 0 Å². The van der Waals surface area contributed by atoms with Crippen LogP contribution in [0.25, 0.3) is 0 Å². The van der Waals surface area contributed by atoms with E-state index in [1.54, 1.807) is 12.1 Å². The quantitative estimate of drug-likeness (QED) is 0.804. The van der Waals surface area contributed by atoms with Crippen molar-refractivity contribution in [1.82, 2.24) is 4.90 Å². The van der Waals surface area contributed by atoms with E-state index in [4.69, 9.17) is 28.9 Å². The second-order valence-corrected chi connectivity index (χ2v) is 5.65. The highest BCUT2D eigenvalue weighted by atomic mass is 35.5. The lowest BCUT2D eigenvalue weighted by molar-refractivity contribution is 0.0683. The first kappa shape index (κ1) is 13.5. The van der Waals surface area contributed by atoms with Crippen molar-refractivity contribution in [3.63, 3.8) is 0 Å². The first-order chi connectivity index (χ1) is 8.49. The zero-order valence-electron chi connectivity index (χ0n) is 10.2. The smallest absolute Gasteiger partial charge is 0.253 e. The number of rotatable bonds is 1. The number of piperidine rings is 1. The number of nitrogen functional groups attached to an aromatic ring is 1. The summed E-state index contributed by atoms with van der Waals surface area (Å²) in [5, 5.41) is 0.630. The summed E-state index contributed by atoms with van der Waals surface area (Å²) in [5.74, 6) is 0.523. The second kappa shape index (κ2) is 5.37. The van der Waals surface area contributed by atoms with Crippen LogP contribution in [0.4, 0.5) is 5.69 Å². The normalized spacial score (nSPS) is 19.9. The predicted octanol–water partition coefficient (Wildman–Crippen LogP) is 3.45. The van der Waals surface area contributed by atoms with Crippen LogP contribution < -0.4 is 5.73 Å². The predicted molar refractivity (Wildman–Crippen MR) is 75.2 cm³/mol. The molecule has 1 heterocycles. The molecule has 3 nitrogen and oxygen atoms in total. The van der Waals surface area contributed by atoms with Crippen LogP contribution in [0.2, 0.25) is 10.0 Å². The fourth-order valence-electron chi connectivity index (χ4n) is 2.29. The molecule has 1 atom stereocenters. The van der Waals surface area contributed by atoms with E-state index in [2.05, 4.69) is 6.92 Å². The molecule has 0 radical (unpaired) electrons. The fraction of sp³-hybridized carbons (Fsp3) is 0.462. The maximum Gasteiger partial charge on any atom is 0.253 e. The van der Waals surface area contributed by atoms with Gasteiger partial charge in [-0.05, 0) is 30.9 Å². The Morgan fingerprint density at radius 2 is 2.17 bits per heavy atom. The molecule has 1 aliphatic heterocycles. The topological polar surface area (TPSA) is 46.3 Å². The third-order valence-corrected chi connectivity index (χ3v) is 4.06. The summed E-state index contributed by atoms with van der Waals surface area (Å²) in [6, 6.07) is 3.18. The molecule has 0 spiro atoms. The van der Waals surface area contributed by atoms with Gasteiger partial charge < -0.3 is 10.6 Å². The molecule has 0 saturated carbocycles.